The molecule has 6 nitrogen and oxygen atoms in total. The van der Waals surface area contributed by atoms with E-state index in [2.05, 4.69) is 10.2 Å². The molecule has 0 spiro atoms. The maximum Gasteiger partial charge on any atom is 0.321 e. The number of phenolic OH excluding ortho intramolecular Hbond substituents is 1. The number of hydrogen-bond acceptors (Lipinski definition) is 4. The van der Waals surface area contributed by atoms with Crippen molar-refractivity contribution < 1.29 is 14.6 Å². The third-order valence-electron chi connectivity index (χ3n) is 4.11. The summed E-state index contributed by atoms with van der Waals surface area (Å²) in [6, 6.07) is 14.4. The van der Waals surface area contributed by atoms with Crippen LogP contribution in [0.1, 0.15) is 0 Å². The van der Waals surface area contributed by atoms with E-state index >= 15 is 0 Å². The van der Waals surface area contributed by atoms with Crippen molar-refractivity contribution in [1.29, 1.82) is 0 Å². The number of amides is 2. The highest BCUT2D eigenvalue weighted by Crippen LogP contribution is 2.27. The molecule has 1 aliphatic heterocycles. The average Bonchev–Trinajstić information content (AvgIpc) is 2.62. The van der Waals surface area contributed by atoms with Crippen LogP contribution in [0.4, 0.5) is 16.2 Å². The Balaban J connectivity index is 1.58. The van der Waals surface area contributed by atoms with Crippen molar-refractivity contribution in [3.05, 3.63) is 48.5 Å². The topological polar surface area (TPSA) is 65.0 Å². The fraction of sp³-hybridized carbons (Fsp3) is 0.278. The Bertz CT molecular complexity index is 712. The van der Waals surface area contributed by atoms with Gasteiger partial charge in [-0.15, -0.1) is 0 Å². The van der Waals surface area contributed by atoms with Gasteiger partial charge in [-0.2, -0.15) is 0 Å². The van der Waals surface area contributed by atoms with Gasteiger partial charge < -0.3 is 25.0 Å². The van der Waals surface area contributed by atoms with E-state index in [1.807, 2.05) is 30.3 Å². The number of benzene rings is 2. The number of anilines is 2. The van der Waals surface area contributed by atoms with Crippen molar-refractivity contribution in [2.24, 2.45) is 0 Å². The predicted molar refractivity (Wildman–Crippen MR) is 93.9 cm³/mol. The van der Waals surface area contributed by atoms with E-state index in [9.17, 15) is 9.90 Å². The summed E-state index contributed by atoms with van der Waals surface area (Å²) in [7, 11) is 1.60. The Hall–Kier alpha value is -2.89. The van der Waals surface area contributed by atoms with Crippen LogP contribution in [0.25, 0.3) is 0 Å². The van der Waals surface area contributed by atoms with E-state index in [-0.39, 0.29) is 11.8 Å². The molecule has 3 rings (SSSR count). The Morgan fingerprint density at radius 1 is 1.08 bits per heavy atom. The number of hydrogen-bond donors (Lipinski definition) is 2. The zero-order valence-corrected chi connectivity index (χ0v) is 13.6. The van der Waals surface area contributed by atoms with Crippen LogP contribution in [0, 0.1) is 0 Å². The lowest BCUT2D eigenvalue weighted by Crippen LogP contribution is -2.50. The van der Waals surface area contributed by atoms with Gasteiger partial charge in [0.1, 0.15) is 11.5 Å². The summed E-state index contributed by atoms with van der Waals surface area (Å²) in [5.74, 6) is 0.976. The first-order valence-corrected chi connectivity index (χ1v) is 7.90. The highest BCUT2D eigenvalue weighted by Gasteiger charge is 2.22. The van der Waals surface area contributed by atoms with Crippen molar-refractivity contribution in [1.82, 2.24) is 4.90 Å². The molecule has 6 heteroatoms. The van der Waals surface area contributed by atoms with Gasteiger partial charge in [0.05, 0.1) is 12.8 Å². The van der Waals surface area contributed by atoms with E-state index in [0.717, 1.165) is 5.69 Å². The SMILES string of the molecule is COc1cccc(NC(=O)N2CCN(c3ccccc3O)CC2)c1. The van der Waals surface area contributed by atoms with Crippen molar-refractivity contribution in [2.75, 3.05) is 43.5 Å². The minimum Gasteiger partial charge on any atom is -0.506 e. The molecule has 0 saturated carbocycles. The molecule has 2 N–H and O–H groups in total. The van der Waals surface area contributed by atoms with Gasteiger partial charge in [0.2, 0.25) is 0 Å². The average molecular weight is 327 g/mol. The number of rotatable bonds is 3. The number of ether oxygens (including phenoxy) is 1. The van der Waals surface area contributed by atoms with Gasteiger partial charge in [-0.05, 0) is 24.3 Å². The molecule has 1 fully saturated rings. The van der Waals surface area contributed by atoms with Gasteiger partial charge in [0.15, 0.2) is 0 Å². The molecule has 0 aromatic heterocycles. The lowest BCUT2D eigenvalue weighted by molar-refractivity contribution is 0.208. The van der Waals surface area contributed by atoms with Crippen LogP contribution >= 0.6 is 0 Å². The number of piperazine rings is 1. The molecule has 0 aliphatic carbocycles. The number of nitrogens with zero attached hydrogens (tertiary/aromatic N) is 2. The molecule has 0 bridgehead atoms. The second-order valence-corrected chi connectivity index (χ2v) is 5.62. The van der Waals surface area contributed by atoms with E-state index in [1.54, 1.807) is 30.2 Å². The predicted octanol–water partition coefficient (Wildman–Crippen LogP) is 2.75. The maximum atomic E-state index is 12.4. The van der Waals surface area contributed by atoms with Crippen molar-refractivity contribution in [2.45, 2.75) is 0 Å². The standard InChI is InChI=1S/C18H21N3O3/c1-24-15-6-4-5-14(13-15)19-18(23)21-11-9-20(10-12-21)16-7-2-3-8-17(16)22/h2-8,13,22H,9-12H2,1H3,(H,19,23). The third kappa shape index (κ3) is 3.53. The highest BCUT2D eigenvalue weighted by atomic mass is 16.5. The third-order valence-corrected chi connectivity index (χ3v) is 4.11. The van der Waals surface area contributed by atoms with Crippen LogP contribution in [0.3, 0.4) is 0 Å². The molecule has 1 aliphatic rings. The van der Waals surface area contributed by atoms with Crippen molar-refractivity contribution in [3.63, 3.8) is 0 Å². The molecule has 0 unspecified atom stereocenters. The van der Waals surface area contributed by atoms with Crippen LogP contribution in [0.2, 0.25) is 0 Å². The van der Waals surface area contributed by atoms with Gasteiger partial charge in [0, 0.05) is 37.9 Å². The molecule has 126 valence electrons. The Morgan fingerprint density at radius 3 is 2.54 bits per heavy atom. The molecule has 0 radical (unpaired) electrons. The molecule has 2 amide bonds. The summed E-state index contributed by atoms with van der Waals surface area (Å²) in [4.78, 5) is 16.2. The number of nitrogens with one attached hydrogen (secondary N) is 1. The quantitative estimate of drug-likeness (QED) is 0.910. The number of carbonyl (C=O) groups excluding carboxylic acids is 1. The highest BCUT2D eigenvalue weighted by molar-refractivity contribution is 5.89. The zero-order valence-electron chi connectivity index (χ0n) is 13.6. The lowest BCUT2D eigenvalue weighted by atomic mass is 10.2. The maximum absolute atomic E-state index is 12.4. The van der Waals surface area contributed by atoms with E-state index < -0.39 is 0 Å². The number of urea groups is 1. The van der Waals surface area contributed by atoms with Crippen molar-refractivity contribution >= 4 is 17.4 Å². The van der Waals surface area contributed by atoms with Gasteiger partial charge in [-0.3, -0.25) is 0 Å². The Labute approximate surface area is 141 Å². The van der Waals surface area contributed by atoms with Crippen LogP contribution < -0.4 is 15.0 Å². The Kier molecular flexibility index (Phi) is 4.74. The summed E-state index contributed by atoms with van der Waals surface area (Å²) in [6.07, 6.45) is 0. The lowest BCUT2D eigenvalue weighted by Gasteiger charge is -2.36. The number of aromatic hydroxyl groups is 1. The minimum atomic E-state index is -0.125. The number of phenols is 1. The fourth-order valence-electron chi connectivity index (χ4n) is 2.79. The first-order chi connectivity index (χ1) is 11.7. The van der Waals surface area contributed by atoms with Gasteiger partial charge in [0.25, 0.3) is 0 Å². The summed E-state index contributed by atoms with van der Waals surface area (Å²) in [6.45, 7) is 2.57. The summed E-state index contributed by atoms with van der Waals surface area (Å²) >= 11 is 0. The second-order valence-electron chi connectivity index (χ2n) is 5.62. The first kappa shape index (κ1) is 16.0. The molecule has 1 heterocycles. The molecule has 2 aromatic rings. The number of methoxy groups -OCH3 is 1. The van der Waals surface area contributed by atoms with E-state index in [0.29, 0.717) is 37.6 Å². The van der Waals surface area contributed by atoms with Gasteiger partial charge >= 0.3 is 6.03 Å². The van der Waals surface area contributed by atoms with Gasteiger partial charge in [-0.1, -0.05) is 18.2 Å². The minimum absolute atomic E-state index is 0.125. The summed E-state index contributed by atoms with van der Waals surface area (Å²) in [5, 5.41) is 12.8. The van der Waals surface area contributed by atoms with Crippen molar-refractivity contribution in [3.8, 4) is 11.5 Å². The zero-order chi connectivity index (χ0) is 16.9. The molecule has 1 saturated heterocycles. The normalized spacial score (nSPS) is 14.4. The van der Waals surface area contributed by atoms with Gasteiger partial charge in [-0.25, -0.2) is 4.79 Å². The first-order valence-electron chi connectivity index (χ1n) is 7.90. The fourth-order valence-corrected chi connectivity index (χ4v) is 2.79. The molecule has 2 aromatic carbocycles. The summed E-state index contributed by atoms with van der Waals surface area (Å²) < 4.78 is 5.16. The van der Waals surface area contributed by atoms with Crippen LogP contribution in [-0.4, -0.2) is 49.3 Å². The number of carbonyl (C=O) groups is 1. The molecular formula is C18H21N3O3. The van der Waals surface area contributed by atoms with Crippen LogP contribution in [0.5, 0.6) is 11.5 Å². The Morgan fingerprint density at radius 2 is 1.83 bits per heavy atom. The van der Waals surface area contributed by atoms with Crippen LogP contribution in [-0.2, 0) is 0 Å². The second kappa shape index (κ2) is 7.12. The molecule has 24 heavy (non-hydrogen) atoms. The monoisotopic (exact) mass is 327 g/mol. The molecular weight excluding hydrogens is 306 g/mol. The molecule has 0 atom stereocenters. The van der Waals surface area contributed by atoms with Crippen LogP contribution in [0.15, 0.2) is 48.5 Å². The number of para-hydroxylation sites is 2. The summed E-state index contributed by atoms with van der Waals surface area (Å²) in [5.41, 5.74) is 1.52. The van der Waals surface area contributed by atoms with E-state index in [4.69, 9.17) is 4.74 Å². The van der Waals surface area contributed by atoms with E-state index in [1.165, 1.54) is 0 Å². The largest absolute Gasteiger partial charge is 0.506 e. The smallest absolute Gasteiger partial charge is 0.321 e.